The molecule has 0 atom stereocenters. The summed E-state index contributed by atoms with van der Waals surface area (Å²) in [5.74, 6) is -0.939. The predicted octanol–water partition coefficient (Wildman–Crippen LogP) is 4.02. The fourth-order valence-electron chi connectivity index (χ4n) is 1.99. The van der Waals surface area contributed by atoms with E-state index in [2.05, 4.69) is 13.2 Å². The molecule has 0 saturated carbocycles. The number of hydrogen-bond donors (Lipinski definition) is 1. The molecule has 0 aromatic heterocycles. The SMILES string of the molecule is C=C(C)Cc1cccc(CC(=C)C)c1C=CC(=O)O. The molecule has 0 radical (unpaired) electrons. The van der Waals surface area contributed by atoms with Crippen molar-refractivity contribution in [2.75, 3.05) is 0 Å². The molecule has 0 aliphatic heterocycles. The number of rotatable bonds is 6. The second kappa shape index (κ2) is 6.74. The molecule has 0 fully saturated rings. The van der Waals surface area contributed by atoms with Gasteiger partial charge in [-0.15, -0.1) is 0 Å². The normalized spacial score (nSPS) is 10.6. The van der Waals surface area contributed by atoms with Crippen LogP contribution in [0.3, 0.4) is 0 Å². The number of carboxylic acids is 1. The Morgan fingerprint density at radius 1 is 1.16 bits per heavy atom. The molecule has 2 heteroatoms. The van der Waals surface area contributed by atoms with Crippen LogP contribution >= 0.6 is 0 Å². The van der Waals surface area contributed by atoms with E-state index in [1.54, 1.807) is 6.08 Å². The average Bonchev–Trinajstić information content (AvgIpc) is 2.26. The first-order valence-electron chi connectivity index (χ1n) is 6.20. The molecule has 0 heterocycles. The Bertz CT molecular complexity index is 502. The Balaban J connectivity index is 3.26. The largest absolute Gasteiger partial charge is 0.478 e. The van der Waals surface area contributed by atoms with Crippen molar-refractivity contribution in [2.45, 2.75) is 26.7 Å². The number of carbonyl (C=O) groups is 1. The molecule has 100 valence electrons. The maximum absolute atomic E-state index is 10.7. The molecule has 0 saturated heterocycles. The lowest BCUT2D eigenvalue weighted by Gasteiger charge is -2.12. The molecule has 0 unspecified atom stereocenters. The summed E-state index contributed by atoms with van der Waals surface area (Å²) in [7, 11) is 0. The van der Waals surface area contributed by atoms with E-state index < -0.39 is 5.97 Å². The maximum Gasteiger partial charge on any atom is 0.328 e. The third-order valence-corrected chi connectivity index (χ3v) is 2.66. The smallest absolute Gasteiger partial charge is 0.328 e. The fourth-order valence-corrected chi connectivity index (χ4v) is 1.99. The van der Waals surface area contributed by atoms with Gasteiger partial charge in [0.1, 0.15) is 0 Å². The van der Waals surface area contributed by atoms with Crippen molar-refractivity contribution >= 4 is 12.0 Å². The molecule has 0 amide bonds. The first-order valence-corrected chi connectivity index (χ1v) is 6.20. The van der Waals surface area contributed by atoms with Crippen LogP contribution in [0.1, 0.15) is 30.5 Å². The molecule has 0 aliphatic carbocycles. The van der Waals surface area contributed by atoms with Crippen molar-refractivity contribution in [3.05, 3.63) is 65.3 Å². The minimum absolute atomic E-state index is 0.753. The Morgan fingerprint density at radius 3 is 2.00 bits per heavy atom. The zero-order valence-corrected chi connectivity index (χ0v) is 11.6. The van der Waals surface area contributed by atoms with Crippen LogP contribution in [0.5, 0.6) is 0 Å². The molecule has 0 bridgehead atoms. The van der Waals surface area contributed by atoms with Gasteiger partial charge in [0.2, 0.25) is 0 Å². The van der Waals surface area contributed by atoms with Crippen molar-refractivity contribution in [1.82, 2.24) is 0 Å². The molecule has 1 rings (SSSR count). The van der Waals surface area contributed by atoms with Gasteiger partial charge >= 0.3 is 5.97 Å². The third kappa shape index (κ3) is 4.96. The van der Waals surface area contributed by atoms with Gasteiger partial charge in [0.15, 0.2) is 0 Å². The molecule has 1 N–H and O–H groups in total. The third-order valence-electron chi connectivity index (χ3n) is 2.66. The summed E-state index contributed by atoms with van der Waals surface area (Å²) in [5, 5.41) is 8.80. The monoisotopic (exact) mass is 256 g/mol. The van der Waals surface area contributed by atoms with E-state index in [0.29, 0.717) is 0 Å². The Labute approximate surface area is 114 Å². The van der Waals surface area contributed by atoms with Gasteiger partial charge in [-0.05, 0) is 49.5 Å². The molecule has 0 spiro atoms. The minimum Gasteiger partial charge on any atom is -0.478 e. The van der Waals surface area contributed by atoms with E-state index in [9.17, 15) is 4.79 Å². The van der Waals surface area contributed by atoms with Crippen LogP contribution in [0.25, 0.3) is 6.08 Å². The van der Waals surface area contributed by atoms with Crippen LogP contribution < -0.4 is 0 Å². The van der Waals surface area contributed by atoms with Crippen molar-refractivity contribution in [1.29, 1.82) is 0 Å². The predicted molar refractivity (Wildman–Crippen MR) is 80.1 cm³/mol. The molecule has 1 aromatic rings. The number of hydrogen-bond acceptors (Lipinski definition) is 1. The van der Waals surface area contributed by atoms with Gasteiger partial charge in [-0.3, -0.25) is 0 Å². The van der Waals surface area contributed by atoms with Crippen LogP contribution in [0.2, 0.25) is 0 Å². The number of allylic oxidation sites excluding steroid dienone is 2. The maximum atomic E-state index is 10.7. The zero-order valence-electron chi connectivity index (χ0n) is 11.6. The molecular formula is C17H20O2. The Morgan fingerprint density at radius 2 is 1.63 bits per heavy atom. The summed E-state index contributed by atoms with van der Waals surface area (Å²) in [5.41, 5.74) is 5.28. The zero-order chi connectivity index (χ0) is 14.4. The second-order valence-corrected chi connectivity index (χ2v) is 4.93. The fraction of sp³-hybridized carbons (Fsp3) is 0.235. The molecule has 19 heavy (non-hydrogen) atoms. The highest BCUT2D eigenvalue weighted by Gasteiger charge is 2.07. The van der Waals surface area contributed by atoms with E-state index >= 15 is 0 Å². The number of benzene rings is 1. The summed E-state index contributed by atoms with van der Waals surface area (Å²) in [6.45, 7) is 11.8. The van der Waals surface area contributed by atoms with Crippen LogP contribution in [0.15, 0.2) is 48.6 Å². The van der Waals surface area contributed by atoms with Gasteiger partial charge in [0.05, 0.1) is 0 Å². The molecule has 1 aromatic carbocycles. The molecule has 0 aliphatic rings. The summed E-state index contributed by atoms with van der Waals surface area (Å²) in [6, 6.07) is 6.02. The topological polar surface area (TPSA) is 37.3 Å². The summed E-state index contributed by atoms with van der Waals surface area (Å²) in [4.78, 5) is 10.7. The lowest BCUT2D eigenvalue weighted by Crippen LogP contribution is -1.98. The standard InChI is InChI=1S/C17H20O2/c1-12(2)10-14-6-5-7-15(11-13(3)4)16(14)8-9-17(18)19/h5-9H,1,3,10-11H2,2,4H3,(H,18,19). The highest BCUT2D eigenvalue weighted by Crippen LogP contribution is 2.21. The lowest BCUT2D eigenvalue weighted by molar-refractivity contribution is -0.131. The Kier molecular flexibility index (Phi) is 5.31. The van der Waals surface area contributed by atoms with E-state index in [1.165, 1.54) is 6.08 Å². The van der Waals surface area contributed by atoms with Gasteiger partial charge in [0.25, 0.3) is 0 Å². The molecule has 2 nitrogen and oxygen atoms in total. The number of aliphatic carboxylic acids is 1. The van der Waals surface area contributed by atoms with Gasteiger partial charge in [-0.2, -0.15) is 0 Å². The first kappa shape index (κ1) is 15.0. The van der Waals surface area contributed by atoms with Gasteiger partial charge in [0, 0.05) is 6.08 Å². The average molecular weight is 256 g/mol. The van der Waals surface area contributed by atoms with E-state index in [1.807, 2.05) is 32.0 Å². The van der Waals surface area contributed by atoms with E-state index in [0.717, 1.165) is 40.7 Å². The van der Waals surface area contributed by atoms with Crippen molar-refractivity contribution in [3.63, 3.8) is 0 Å². The van der Waals surface area contributed by atoms with Crippen molar-refractivity contribution in [3.8, 4) is 0 Å². The number of carboxylic acid groups (broad SMARTS) is 1. The van der Waals surface area contributed by atoms with E-state index in [4.69, 9.17) is 5.11 Å². The van der Waals surface area contributed by atoms with Crippen LogP contribution in [-0.4, -0.2) is 11.1 Å². The summed E-state index contributed by atoms with van der Waals surface area (Å²) < 4.78 is 0. The van der Waals surface area contributed by atoms with Crippen LogP contribution in [0, 0.1) is 0 Å². The summed E-state index contributed by atoms with van der Waals surface area (Å²) in [6.07, 6.45) is 4.35. The van der Waals surface area contributed by atoms with Gasteiger partial charge in [-0.1, -0.05) is 42.5 Å². The quantitative estimate of drug-likeness (QED) is 0.616. The summed E-state index contributed by atoms with van der Waals surface area (Å²) >= 11 is 0. The van der Waals surface area contributed by atoms with Crippen molar-refractivity contribution < 1.29 is 9.90 Å². The van der Waals surface area contributed by atoms with Crippen LogP contribution in [-0.2, 0) is 17.6 Å². The van der Waals surface area contributed by atoms with E-state index in [-0.39, 0.29) is 0 Å². The Hall–Kier alpha value is -2.09. The van der Waals surface area contributed by atoms with Gasteiger partial charge < -0.3 is 5.11 Å². The van der Waals surface area contributed by atoms with Gasteiger partial charge in [-0.25, -0.2) is 4.79 Å². The highest BCUT2D eigenvalue weighted by atomic mass is 16.4. The second-order valence-electron chi connectivity index (χ2n) is 4.93. The lowest BCUT2D eigenvalue weighted by atomic mass is 9.93. The minimum atomic E-state index is -0.939. The van der Waals surface area contributed by atoms with Crippen LogP contribution in [0.4, 0.5) is 0 Å². The first-order chi connectivity index (χ1) is 8.90. The van der Waals surface area contributed by atoms with Crippen molar-refractivity contribution in [2.24, 2.45) is 0 Å². The molecular weight excluding hydrogens is 236 g/mol. The highest BCUT2D eigenvalue weighted by molar-refractivity contribution is 5.86.